The topological polar surface area (TPSA) is 62.0 Å². The minimum atomic E-state index is -0.981. The predicted octanol–water partition coefficient (Wildman–Crippen LogP) is -1.74. The largest absolute Gasteiger partial charge is 0.478 e. The van der Waals surface area contributed by atoms with Crippen molar-refractivity contribution in [1.82, 2.24) is 0 Å². The Bertz CT molecular complexity index is 110. The summed E-state index contributed by atoms with van der Waals surface area (Å²) < 4.78 is 7.12. The van der Waals surface area contributed by atoms with Crippen molar-refractivity contribution < 1.29 is 9.90 Å². The molecule has 0 aromatic heterocycles. The quantitative estimate of drug-likeness (QED) is 0.282. The van der Waals surface area contributed by atoms with Crippen LogP contribution in [0.25, 0.3) is 0 Å². The van der Waals surface area contributed by atoms with Gasteiger partial charge >= 0.3 is 5.97 Å². The van der Waals surface area contributed by atoms with Gasteiger partial charge in [-0.25, -0.2) is 4.79 Å². The molecule has 0 bridgehead atoms. The second-order valence-corrected chi connectivity index (χ2v) is 1.74. The molecule has 0 aromatic rings. The van der Waals surface area contributed by atoms with Gasteiger partial charge in [0.15, 0.2) is 20.8 Å². The summed E-state index contributed by atoms with van der Waals surface area (Å²) >= 11 is 0. The van der Waals surface area contributed by atoms with Gasteiger partial charge in [-0.3, -0.25) is 9.56 Å². The van der Waals surface area contributed by atoms with Crippen LogP contribution < -0.4 is 0 Å². The molecule has 0 aliphatic heterocycles. The first-order valence-corrected chi connectivity index (χ1v) is 4.01. The van der Waals surface area contributed by atoms with Crippen molar-refractivity contribution in [2.24, 2.45) is 9.56 Å². The van der Waals surface area contributed by atoms with E-state index < -0.39 is 5.97 Å². The van der Waals surface area contributed by atoms with Gasteiger partial charge < -0.3 is 5.11 Å². The van der Waals surface area contributed by atoms with Gasteiger partial charge in [-0.15, -0.1) is 0 Å². The maximum Gasteiger partial charge on any atom is 0.327 e. The summed E-state index contributed by atoms with van der Waals surface area (Å²) in [5.41, 5.74) is 0. The minimum absolute atomic E-state index is 0.833. The number of carboxylic acid groups (broad SMARTS) is 1. The number of nitrogens with zero attached hydrogens (tertiary/aromatic N) is 2. The van der Waals surface area contributed by atoms with E-state index in [0.717, 1.165) is 26.9 Å². The monoisotopic (exact) mass is 162 g/mol. The Hall–Kier alpha value is -0.756. The maximum absolute atomic E-state index is 9.25. The lowest BCUT2D eigenvalue weighted by Crippen LogP contribution is -1.82. The van der Waals surface area contributed by atoms with Crippen LogP contribution in [-0.4, -0.2) is 31.9 Å². The molecule has 0 saturated carbocycles. The third-order valence-electron chi connectivity index (χ3n) is 0.375. The highest BCUT2D eigenvalue weighted by Gasteiger charge is 1.73. The molecule has 0 rings (SSSR count). The average Bonchev–Trinajstić information content (AvgIpc) is 1.89. The number of hydrogen-bond donors (Lipinski definition) is 1. The Morgan fingerprint density at radius 3 is 1.78 bits per heavy atom. The molecule has 0 amide bonds. The summed E-state index contributed by atoms with van der Waals surface area (Å²) in [6.45, 7) is 2.96. The van der Waals surface area contributed by atoms with Crippen LogP contribution in [-0.2, 0) is 4.79 Å². The predicted molar refractivity (Wildman–Crippen MR) is 42.6 cm³/mol. The van der Waals surface area contributed by atoms with Gasteiger partial charge in [0.25, 0.3) is 0 Å². The molecule has 0 aromatic carbocycles. The van der Waals surface area contributed by atoms with Crippen molar-refractivity contribution in [2.75, 3.05) is 0 Å². The fourth-order valence-corrected chi connectivity index (χ4v) is 0. The zero-order valence-electron chi connectivity index (χ0n) is 5.53. The van der Waals surface area contributed by atoms with Crippen LogP contribution in [0, 0.1) is 0 Å². The Morgan fingerprint density at radius 2 is 1.78 bits per heavy atom. The van der Waals surface area contributed by atoms with Crippen LogP contribution in [0.4, 0.5) is 0 Å². The van der Waals surface area contributed by atoms with Gasteiger partial charge in [0.05, 0.1) is 0 Å². The van der Waals surface area contributed by atoms with Crippen LogP contribution in [0.2, 0.25) is 0 Å². The molecule has 0 heterocycles. The fourth-order valence-electron chi connectivity index (χ4n) is 0. The van der Waals surface area contributed by atoms with Crippen molar-refractivity contribution in [3.63, 3.8) is 0 Å². The van der Waals surface area contributed by atoms with E-state index in [1.807, 2.05) is 0 Å². The highest BCUT2D eigenvalue weighted by Crippen LogP contribution is 1.54. The third-order valence-corrected chi connectivity index (χ3v) is 1.97. The van der Waals surface area contributed by atoms with E-state index in [-0.39, 0.29) is 0 Å². The Morgan fingerprint density at radius 1 is 1.56 bits per heavy atom. The fraction of sp³-hybridized carbons (Fsp3) is 0. The SMILES string of the molecule is C=CC(=O)O.[SiH3]N=N[SiH3]. The first kappa shape index (κ1) is 11.1. The average molecular weight is 162 g/mol. The standard InChI is InChI=1S/C3H4O2.H6N2Si2/c1-2-3(4)5;3-1-2-4/h2H,1H2,(H,4,5);3-4H3. The first-order chi connectivity index (χ1) is 4.18. The number of carboxylic acids is 1. The molecule has 1 N–H and O–H groups in total. The number of rotatable bonds is 1. The van der Waals surface area contributed by atoms with E-state index in [1.165, 1.54) is 0 Å². The van der Waals surface area contributed by atoms with Gasteiger partial charge in [0, 0.05) is 6.08 Å². The van der Waals surface area contributed by atoms with Crippen LogP contribution in [0.1, 0.15) is 0 Å². The molecule has 0 radical (unpaired) electrons. The molecule has 9 heavy (non-hydrogen) atoms. The molecule has 0 saturated heterocycles. The molecular formula is C3H10N2O2Si2. The Kier molecular flexibility index (Phi) is 12.7. The van der Waals surface area contributed by atoms with Crippen molar-refractivity contribution in [2.45, 2.75) is 0 Å². The summed E-state index contributed by atoms with van der Waals surface area (Å²) in [4.78, 5) is 9.25. The molecular weight excluding hydrogens is 152 g/mol. The summed E-state index contributed by atoms with van der Waals surface area (Å²) in [5, 5.41) is 7.60. The molecule has 0 fully saturated rings. The van der Waals surface area contributed by atoms with E-state index in [1.54, 1.807) is 0 Å². The normalized spacial score (nSPS) is 8.44. The lowest BCUT2D eigenvalue weighted by Gasteiger charge is -1.64. The zero-order valence-corrected chi connectivity index (χ0v) is 9.53. The van der Waals surface area contributed by atoms with Crippen molar-refractivity contribution in [1.29, 1.82) is 0 Å². The Balaban J connectivity index is 0. The summed E-state index contributed by atoms with van der Waals surface area (Å²) in [6.07, 6.45) is 0.833. The first-order valence-electron chi connectivity index (χ1n) is 2.22. The number of aliphatic carboxylic acids is 1. The minimum Gasteiger partial charge on any atom is -0.478 e. The van der Waals surface area contributed by atoms with Crippen LogP contribution in [0.3, 0.4) is 0 Å². The van der Waals surface area contributed by atoms with Crippen molar-refractivity contribution in [3.05, 3.63) is 12.7 Å². The van der Waals surface area contributed by atoms with Crippen molar-refractivity contribution >= 4 is 26.8 Å². The lowest BCUT2D eigenvalue weighted by atomic mass is 10.7. The number of hydrogen-bond acceptors (Lipinski definition) is 3. The maximum atomic E-state index is 9.25. The summed E-state index contributed by atoms with van der Waals surface area (Å²) in [5.74, 6) is -0.981. The van der Waals surface area contributed by atoms with Gasteiger partial charge in [-0.2, -0.15) is 0 Å². The van der Waals surface area contributed by atoms with E-state index in [9.17, 15) is 4.79 Å². The Labute approximate surface area is 59.7 Å². The molecule has 0 unspecified atom stereocenters. The second-order valence-electron chi connectivity index (χ2n) is 0.942. The smallest absolute Gasteiger partial charge is 0.327 e. The van der Waals surface area contributed by atoms with Gasteiger partial charge in [0.2, 0.25) is 0 Å². The van der Waals surface area contributed by atoms with Gasteiger partial charge in [-0.1, -0.05) is 6.58 Å². The van der Waals surface area contributed by atoms with Crippen molar-refractivity contribution in [3.8, 4) is 0 Å². The van der Waals surface area contributed by atoms with Crippen LogP contribution in [0.15, 0.2) is 22.2 Å². The molecule has 4 nitrogen and oxygen atoms in total. The van der Waals surface area contributed by atoms with Crippen LogP contribution in [0.5, 0.6) is 0 Å². The molecule has 0 spiro atoms. The van der Waals surface area contributed by atoms with Gasteiger partial charge in [0.1, 0.15) is 0 Å². The third kappa shape index (κ3) is 39.6. The zero-order chi connectivity index (χ0) is 7.70. The summed E-state index contributed by atoms with van der Waals surface area (Å²) in [7, 11) is 1.77. The number of carbonyl (C=O) groups is 1. The molecule has 52 valence electrons. The highest BCUT2D eigenvalue weighted by atomic mass is 28.2. The lowest BCUT2D eigenvalue weighted by molar-refractivity contribution is -0.131. The van der Waals surface area contributed by atoms with Crippen LogP contribution >= 0.6 is 0 Å². The van der Waals surface area contributed by atoms with E-state index in [2.05, 4.69) is 16.1 Å². The van der Waals surface area contributed by atoms with E-state index in [0.29, 0.717) is 0 Å². The summed E-state index contributed by atoms with van der Waals surface area (Å²) in [6, 6.07) is 0. The second kappa shape index (κ2) is 10.3. The van der Waals surface area contributed by atoms with E-state index >= 15 is 0 Å². The highest BCUT2D eigenvalue weighted by molar-refractivity contribution is 6.09. The molecule has 0 aliphatic rings. The molecule has 0 atom stereocenters. The van der Waals surface area contributed by atoms with Gasteiger partial charge in [-0.05, 0) is 0 Å². The molecule has 0 aliphatic carbocycles. The molecule has 6 heteroatoms. The van der Waals surface area contributed by atoms with E-state index in [4.69, 9.17) is 5.11 Å².